The van der Waals surface area contributed by atoms with E-state index >= 15 is 0 Å². The fraction of sp³-hybridized carbons (Fsp3) is 0.750. The van der Waals surface area contributed by atoms with Gasteiger partial charge in [-0.3, -0.25) is 4.79 Å². The zero-order valence-electron chi connectivity index (χ0n) is 15.2. The van der Waals surface area contributed by atoms with E-state index in [9.17, 15) is 4.79 Å². The molecule has 3 unspecified atom stereocenters. The van der Waals surface area contributed by atoms with Gasteiger partial charge in [0.2, 0.25) is 5.79 Å². The number of allylic oxidation sites excluding steroid dienone is 1. The summed E-state index contributed by atoms with van der Waals surface area (Å²) in [5.41, 5.74) is 3.38. The van der Waals surface area contributed by atoms with E-state index in [0.29, 0.717) is 18.3 Å². The molecule has 0 aromatic carbocycles. The molecule has 3 fully saturated rings. The van der Waals surface area contributed by atoms with Gasteiger partial charge in [0, 0.05) is 24.3 Å². The monoisotopic (exact) mass is 318 g/mol. The topological polar surface area (TPSA) is 35.5 Å². The summed E-state index contributed by atoms with van der Waals surface area (Å²) < 4.78 is 12.7. The summed E-state index contributed by atoms with van der Waals surface area (Å²) in [6, 6.07) is 0. The normalized spacial score (nSPS) is 40.0. The van der Waals surface area contributed by atoms with E-state index in [-0.39, 0.29) is 17.5 Å². The maximum absolute atomic E-state index is 12.5. The van der Waals surface area contributed by atoms with E-state index in [1.54, 1.807) is 0 Å². The lowest BCUT2D eigenvalue weighted by Gasteiger charge is -2.44. The molecule has 1 spiro atoms. The molecule has 0 radical (unpaired) electrons. The standard InChI is InChI=1S/C20H30O3/c1-7-13(4)18(21)22-20-10-14(5)16-9-8-15(6)19(16,23-20)11-17(20)12(2)3/h13,15-16H,5,7-11H2,1-4,6H3/t13?,15-,16?,19-,20?/m0/s1. The molecule has 2 aliphatic heterocycles. The van der Waals surface area contributed by atoms with Crippen LogP contribution >= 0.6 is 0 Å². The Morgan fingerprint density at radius 1 is 1.39 bits per heavy atom. The SMILES string of the molecule is C=C1CC2(OC(=O)C(C)CC)O[C@]3(CC2=C(C)C)C1CC[C@@H]3C. The van der Waals surface area contributed by atoms with E-state index < -0.39 is 5.79 Å². The second kappa shape index (κ2) is 5.47. The summed E-state index contributed by atoms with van der Waals surface area (Å²) in [7, 11) is 0. The first-order chi connectivity index (χ1) is 10.8. The van der Waals surface area contributed by atoms with E-state index in [4.69, 9.17) is 9.47 Å². The van der Waals surface area contributed by atoms with Gasteiger partial charge in [0.15, 0.2) is 0 Å². The van der Waals surface area contributed by atoms with Gasteiger partial charge in [-0.15, -0.1) is 0 Å². The van der Waals surface area contributed by atoms with Crippen molar-refractivity contribution in [2.45, 2.75) is 78.1 Å². The van der Waals surface area contributed by atoms with Crippen molar-refractivity contribution in [3.05, 3.63) is 23.3 Å². The molecule has 5 atom stereocenters. The molecule has 2 heterocycles. The molecule has 0 aromatic rings. The summed E-state index contributed by atoms with van der Waals surface area (Å²) in [6.45, 7) is 14.8. The third-order valence-electron chi connectivity index (χ3n) is 6.42. The summed E-state index contributed by atoms with van der Waals surface area (Å²) in [5, 5.41) is 0. The summed E-state index contributed by atoms with van der Waals surface area (Å²) in [4.78, 5) is 12.5. The molecule has 1 aliphatic carbocycles. The molecule has 2 saturated heterocycles. The molecule has 23 heavy (non-hydrogen) atoms. The van der Waals surface area contributed by atoms with Crippen molar-refractivity contribution in [2.75, 3.05) is 0 Å². The van der Waals surface area contributed by atoms with Crippen molar-refractivity contribution in [1.29, 1.82) is 0 Å². The minimum absolute atomic E-state index is 0.102. The van der Waals surface area contributed by atoms with Crippen LogP contribution in [0.5, 0.6) is 0 Å². The smallest absolute Gasteiger partial charge is 0.311 e. The van der Waals surface area contributed by atoms with Crippen molar-refractivity contribution >= 4 is 5.97 Å². The van der Waals surface area contributed by atoms with Gasteiger partial charge in [0.05, 0.1) is 11.5 Å². The highest BCUT2D eigenvalue weighted by atomic mass is 16.7. The Hall–Kier alpha value is -1.09. The van der Waals surface area contributed by atoms with E-state index in [2.05, 4.69) is 27.4 Å². The Morgan fingerprint density at radius 3 is 2.70 bits per heavy atom. The fourth-order valence-corrected chi connectivity index (χ4v) is 4.75. The second-order valence-corrected chi connectivity index (χ2v) is 8.06. The number of carbonyl (C=O) groups excluding carboxylic acids is 1. The molecule has 1 saturated carbocycles. The number of rotatable bonds is 3. The summed E-state index contributed by atoms with van der Waals surface area (Å²) >= 11 is 0. The van der Waals surface area contributed by atoms with Gasteiger partial charge in [-0.05, 0) is 39.0 Å². The predicted molar refractivity (Wildman–Crippen MR) is 90.7 cm³/mol. The average Bonchev–Trinajstić information content (AvgIpc) is 2.95. The van der Waals surface area contributed by atoms with Crippen molar-refractivity contribution < 1.29 is 14.3 Å². The number of carbonyl (C=O) groups is 1. The average molecular weight is 318 g/mol. The van der Waals surface area contributed by atoms with Gasteiger partial charge in [-0.2, -0.15) is 0 Å². The molecule has 0 aromatic heterocycles. The van der Waals surface area contributed by atoms with E-state index in [1.165, 1.54) is 16.7 Å². The minimum Gasteiger partial charge on any atom is -0.428 e. The molecule has 2 bridgehead atoms. The van der Waals surface area contributed by atoms with Crippen LogP contribution in [0.2, 0.25) is 0 Å². The van der Waals surface area contributed by atoms with E-state index in [1.807, 2.05) is 13.8 Å². The highest BCUT2D eigenvalue weighted by Gasteiger charge is 2.66. The van der Waals surface area contributed by atoms with Crippen LogP contribution in [0, 0.1) is 17.8 Å². The maximum Gasteiger partial charge on any atom is 0.311 e. The molecule has 0 amide bonds. The van der Waals surface area contributed by atoms with Crippen LogP contribution < -0.4 is 0 Å². The van der Waals surface area contributed by atoms with Crippen LogP contribution in [-0.4, -0.2) is 17.4 Å². The Balaban J connectivity index is 2.03. The van der Waals surface area contributed by atoms with Crippen molar-refractivity contribution in [1.82, 2.24) is 0 Å². The summed E-state index contributed by atoms with van der Waals surface area (Å²) in [6.07, 6.45) is 4.59. The van der Waals surface area contributed by atoms with Gasteiger partial charge >= 0.3 is 5.97 Å². The Morgan fingerprint density at radius 2 is 2.09 bits per heavy atom. The van der Waals surface area contributed by atoms with Gasteiger partial charge in [-0.1, -0.05) is 38.5 Å². The first-order valence-corrected chi connectivity index (χ1v) is 9.03. The molecule has 128 valence electrons. The van der Waals surface area contributed by atoms with Gasteiger partial charge < -0.3 is 9.47 Å². The molecule has 3 rings (SSSR count). The summed E-state index contributed by atoms with van der Waals surface area (Å²) in [5.74, 6) is -0.270. The first-order valence-electron chi connectivity index (χ1n) is 9.03. The molecule has 3 aliphatic rings. The maximum atomic E-state index is 12.5. The lowest BCUT2D eigenvalue weighted by Crippen LogP contribution is -2.50. The molecule has 0 N–H and O–H groups in total. The van der Waals surface area contributed by atoms with Crippen LogP contribution in [0.15, 0.2) is 23.3 Å². The van der Waals surface area contributed by atoms with E-state index in [0.717, 1.165) is 25.7 Å². The van der Waals surface area contributed by atoms with Crippen molar-refractivity contribution in [3.8, 4) is 0 Å². The Labute approximate surface area is 140 Å². The molecule has 3 heteroatoms. The molecular weight excluding hydrogens is 288 g/mol. The van der Waals surface area contributed by atoms with Gasteiger partial charge in [0.25, 0.3) is 0 Å². The zero-order valence-corrected chi connectivity index (χ0v) is 15.2. The second-order valence-electron chi connectivity index (χ2n) is 8.06. The highest BCUT2D eigenvalue weighted by Crippen LogP contribution is 2.64. The lowest BCUT2D eigenvalue weighted by atomic mass is 9.78. The van der Waals surface area contributed by atoms with Crippen LogP contribution in [0.1, 0.15) is 66.7 Å². The highest BCUT2D eigenvalue weighted by molar-refractivity contribution is 5.73. The Bertz CT molecular complexity index is 571. The van der Waals surface area contributed by atoms with Crippen LogP contribution in [0.3, 0.4) is 0 Å². The van der Waals surface area contributed by atoms with Crippen molar-refractivity contribution in [2.24, 2.45) is 17.8 Å². The van der Waals surface area contributed by atoms with Gasteiger partial charge in [-0.25, -0.2) is 0 Å². The number of hydrogen-bond acceptors (Lipinski definition) is 3. The predicted octanol–water partition coefficient (Wildman–Crippen LogP) is 4.77. The Kier molecular flexibility index (Phi) is 3.99. The zero-order chi connectivity index (χ0) is 17.0. The van der Waals surface area contributed by atoms with Crippen LogP contribution in [-0.2, 0) is 14.3 Å². The van der Waals surface area contributed by atoms with Crippen LogP contribution in [0.4, 0.5) is 0 Å². The number of esters is 1. The number of ether oxygens (including phenoxy) is 2. The number of fused-ring (bicyclic) bond motifs is 1. The van der Waals surface area contributed by atoms with Gasteiger partial charge in [0.1, 0.15) is 0 Å². The van der Waals surface area contributed by atoms with Crippen LogP contribution in [0.25, 0.3) is 0 Å². The first kappa shape index (κ1) is 16.8. The van der Waals surface area contributed by atoms with Crippen molar-refractivity contribution in [3.63, 3.8) is 0 Å². The number of hydrogen-bond donors (Lipinski definition) is 0. The lowest BCUT2D eigenvalue weighted by molar-refractivity contribution is -0.259. The third-order valence-corrected chi connectivity index (χ3v) is 6.42. The quantitative estimate of drug-likeness (QED) is 0.555. The molecular formula is C20H30O3. The minimum atomic E-state index is -0.897. The largest absolute Gasteiger partial charge is 0.428 e. The third kappa shape index (κ3) is 2.31. The fourth-order valence-electron chi connectivity index (χ4n) is 4.75. The molecule has 3 nitrogen and oxygen atoms in total.